The fourth-order valence-corrected chi connectivity index (χ4v) is 3.53. The van der Waals surface area contributed by atoms with Crippen molar-refractivity contribution in [3.05, 3.63) is 48.3 Å². The van der Waals surface area contributed by atoms with Crippen molar-refractivity contribution in [1.29, 1.82) is 0 Å². The van der Waals surface area contributed by atoms with Crippen LogP contribution in [0.3, 0.4) is 0 Å². The molecule has 0 unspecified atom stereocenters. The van der Waals surface area contributed by atoms with Crippen molar-refractivity contribution >= 4 is 16.0 Å². The highest BCUT2D eigenvalue weighted by Gasteiger charge is 2.12. The van der Waals surface area contributed by atoms with Crippen molar-refractivity contribution in [1.82, 2.24) is 20.3 Å². The Bertz CT molecular complexity index is 904. The van der Waals surface area contributed by atoms with Gasteiger partial charge in [-0.05, 0) is 36.2 Å². The number of benzene rings is 1. The molecule has 0 spiro atoms. The van der Waals surface area contributed by atoms with Gasteiger partial charge in [0.05, 0.1) is 14.2 Å². The standard InChI is InChI=1S/C19H27N5O4S/c1-20-19(22-10-8-15-6-7-17(27-2)18(13-15)28-3)23-11-12-24-29(25,26)16-5-4-9-21-14-16/h4-7,9,13-14,24H,8,10-12H2,1-3H3,(H2,20,22,23). The maximum atomic E-state index is 12.1. The second kappa shape index (κ2) is 11.2. The first-order valence-corrected chi connectivity index (χ1v) is 10.5. The SMILES string of the molecule is CN=C(NCCNS(=O)(=O)c1cccnc1)NCCc1ccc(OC)c(OC)c1. The van der Waals surface area contributed by atoms with Gasteiger partial charge in [0.15, 0.2) is 17.5 Å². The number of guanidine groups is 1. The molecule has 1 heterocycles. The van der Waals surface area contributed by atoms with Gasteiger partial charge in [0.25, 0.3) is 0 Å². The van der Waals surface area contributed by atoms with Crippen LogP contribution in [0.1, 0.15) is 5.56 Å². The number of rotatable bonds is 10. The van der Waals surface area contributed by atoms with E-state index in [-0.39, 0.29) is 11.4 Å². The molecule has 0 fully saturated rings. The summed E-state index contributed by atoms with van der Waals surface area (Å²) in [6.07, 6.45) is 3.59. The predicted molar refractivity (Wildman–Crippen MR) is 112 cm³/mol. The number of aliphatic imine (C=N–C) groups is 1. The molecule has 9 nitrogen and oxygen atoms in total. The van der Waals surface area contributed by atoms with Crippen LogP contribution in [-0.2, 0) is 16.4 Å². The molecule has 0 amide bonds. The molecule has 0 saturated carbocycles. The molecule has 2 aromatic rings. The van der Waals surface area contributed by atoms with Gasteiger partial charge in [-0.25, -0.2) is 13.1 Å². The lowest BCUT2D eigenvalue weighted by Gasteiger charge is -2.13. The fourth-order valence-electron chi connectivity index (χ4n) is 2.54. The molecule has 0 radical (unpaired) electrons. The molecule has 0 atom stereocenters. The lowest BCUT2D eigenvalue weighted by molar-refractivity contribution is 0.354. The fraction of sp³-hybridized carbons (Fsp3) is 0.368. The molecule has 29 heavy (non-hydrogen) atoms. The van der Waals surface area contributed by atoms with Gasteiger partial charge in [-0.15, -0.1) is 0 Å². The molecule has 0 aliphatic heterocycles. The number of hydrogen-bond acceptors (Lipinski definition) is 6. The lowest BCUT2D eigenvalue weighted by Crippen LogP contribution is -2.42. The summed E-state index contributed by atoms with van der Waals surface area (Å²) in [6.45, 7) is 1.25. The van der Waals surface area contributed by atoms with Crippen LogP contribution in [0, 0.1) is 0 Å². The van der Waals surface area contributed by atoms with Gasteiger partial charge in [0, 0.05) is 39.1 Å². The third-order valence-corrected chi connectivity index (χ3v) is 5.48. The largest absolute Gasteiger partial charge is 0.493 e. The maximum Gasteiger partial charge on any atom is 0.242 e. The Morgan fingerprint density at radius 1 is 1.07 bits per heavy atom. The lowest BCUT2D eigenvalue weighted by atomic mass is 10.1. The van der Waals surface area contributed by atoms with Crippen LogP contribution in [0.15, 0.2) is 52.6 Å². The Morgan fingerprint density at radius 3 is 2.48 bits per heavy atom. The summed E-state index contributed by atoms with van der Waals surface area (Å²) in [4.78, 5) is 8.09. The molecule has 0 aliphatic carbocycles. The van der Waals surface area contributed by atoms with E-state index < -0.39 is 10.0 Å². The number of nitrogens with one attached hydrogen (secondary N) is 3. The van der Waals surface area contributed by atoms with Gasteiger partial charge >= 0.3 is 0 Å². The van der Waals surface area contributed by atoms with Gasteiger partial charge in [-0.2, -0.15) is 0 Å². The Labute approximate surface area is 171 Å². The quantitative estimate of drug-likeness (QED) is 0.295. The number of nitrogens with zero attached hydrogens (tertiary/aromatic N) is 2. The van der Waals surface area contributed by atoms with Crippen molar-refractivity contribution in [2.75, 3.05) is 40.9 Å². The van der Waals surface area contributed by atoms with Gasteiger partial charge < -0.3 is 20.1 Å². The van der Waals surface area contributed by atoms with E-state index in [1.165, 1.54) is 18.5 Å². The van der Waals surface area contributed by atoms with Gasteiger partial charge in [-0.1, -0.05) is 6.07 Å². The van der Waals surface area contributed by atoms with E-state index in [2.05, 4.69) is 25.3 Å². The smallest absolute Gasteiger partial charge is 0.242 e. The van der Waals surface area contributed by atoms with E-state index in [0.29, 0.717) is 30.5 Å². The van der Waals surface area contributed by atoms with Crippen LogP contribution in [0.25, 0.3) is 0 Å². The molecule has 1 aromatic carbocycles. The highest BCUT2D eigenvalue weighted by Crippen LogP contribution is 2.27. The minimum Gasteiger partial charge on any atom is -0.493 e. The third kappa shape index (κ3) is 6.91. The highest BCUT2D eigenvalue weighted by molar-refractivity contribution is 7.89. The molecule has 2 rings (SSSR count). The number of ether oxygens (including phenoxy) is 2. The first-order valence-electron chi connectivity index (χ1n) is 9.05. The van der Waals surface area contributed by atoms with E-state index in [1.807, 2.05) is 18.2 Å². The van der Waals surface area contributed by atoms with Crippen LogP contribution < -0.4 is 24.8 Å². The van der Waals surface area contributed by atoms with Crippen LogP contribution >= 0.6 is 0 Å². The van der Waals surface area contributed by atoms with Crippen molar-refractivity contribution < 1.29 is 17.9 Å². The van der Waals surface area contributed by atoms with E-state index in [4.69, 9.17) is 9.47 Å². The normalized spacial score (nSPS) is 11.8. The summed E-state index contributed by atoms with van der Waals surface area (Å²) >= 11 is 0. The number of pyridine rings is 1. The molecule has 0 aliphatic rings. The average Bonchev–Trinajstić information content (AvgIpc) is 2.75. The molecule has 0 saturated heterocycles. The zero-order chi connectivity index (χ0) is 21.1. The number of hydrogen-bond donors (Lipinski definition) is 3. The van der Waals surface area contributed by atoms with Gasteiger partial charge in [0.1, 0.15) is 4.90 Å². The summed E-state index contributed by atoms with van der Waals surface area (Å²) in [5.41, 5.74) is 1.09. The Balaban J connectivity index is 1.74. The molecule has 10 heteroatoms. The van der Waals surface area contributed by atoms with Crippen molar-refractivity contribution in [2.24, 2.45) is 4.99 Å². The maximum absolute atomic E-state index is 12.1. The van der Waals surface area contributed by atoms with Crippen LogP contribution in [0.2, 0.25) is 0 Å². The Hall–Kier alpha value is -2.85. The van der Waals surface area contributed by atoms with Crippen LogP contribution in [0.4, 0.5) is 0 Å². The number of sulfonamides is 1. The summed E-state index contributed by atoms with van der Waals surface area (Å²) in [7, 11) is 1.30. The topological polar surface area (TPSA) is 114 Å². The summed E-state index contributed by atoms with van der Waals surface area (Å²) in [5.74, 6) is 1.97. The average molecular weight is 422 g/mol. The summed E-state index contributed by atoms with van der Waals surface area (Å²) in [6, 6.07) is 8.86. The molecular weight excluding hydrogens is 394 g/mol. The third-order valence-electron chi connectivity index (χ3n) is 4.03. The molecule has 3 N–H and O–H groups in total. The van der Waals surface area contributed by atoms with Crippen molar-refractivity contribution in [3.63, 3.8) is 0 Å². The van der Waals surface area contributed by atoms with Gasteiger partial charge in [-0.3, -0.25) is 9.98 Å². The monoisotopic (exact) mass is 421 g/mol. The Morgan fingerprint density at radius 2 is 1.83 bits per heavy atom. The summed E-state index contributed by atoms with van der Waals surface area (Å²) < 4.78 is 37.3. The first kappa shape index (κ1) is 22.4. The van der Waals surface area contributed by atoms with E-state index in [1.54, 1.807) is 27.3 Å². The van der Waals surface area contributed by atoms with Crippen LogP contribution in [-0.4, -0.2) is 60.3 Å². The molecular formula is C19H27N5O4S. The van der Waals surface area contributed by atoms with E-state index in [0.717, 1.165) is 12.0 Å². The van der Waals surface area contributed by atoms with E-state index in [9.17, 15) is 8.42 Å². The minimum absolute atomic E-state index is 0.137. The zero-order valence-electron chi connectivity index (χ0n) is 16.8. The number of methoxy groups -OCH3 is 2. The second-order valence-electron chi connectivity index (χ2n) is 5.95. The first-order chi connectivity index (χ1) is 14.0. The zero-order valence-corrected chi connectivity index (χ0v) is 17.6. The highest BCUT2D eigenvalue weighted by atomic mass is 32.2. The molecule has 0 bridgehead atoms. The molecule has 158 valence electrons. The predicted octanol–water partition coefficient (Wildman–Crippen LogP) is 0.785. The van der Waals surface area contributed by atoms with Crippen molar-refractivity contribution in [2.45, 2.75) is 11.3 Å². The van der Waals surface area contributed by atoms with Crippen molar-refractivity contribution in [3.8, 4) is 11.5 Å². The second-order valence-corrected chi connectivity index (χ2v) is 7.72. The summed E-state index contributed by atoms with van der Waals surface area (Å²) in [5, 5.41) is 6.27. The Kier molecular flexibility index (Phi) is 8.68. The van der Waals surface area contributed by atoms with Crippen LogP contribution in [0.5, 0.6) is 11.5 Å². The number of aromatic nitrogens is 1. The van der Waals surface area contributed by atoms with Gasteiger partial charge in [0.2, 0.25) is 10.0 Å². The molecule has 1 aromatic heterocycles. The minimum atomic E-state index is -3.57. The van der Waals surface area contributed by atoms with E-state index >= 15 is 0 Å².